The van der Waals surface area contributed by atoms with Crippen LogP contribution in [0.2, 0.25) is 5.02 Å². The summed E-state index contributed by atoms with van der Waals surface area (Å²) in [4.78, 5) is 0. The molecule has 1 saturated heterocycles. The van der Waals surface area contributed by atoms with Crippen LogP contribution in [0.3, 0.4) is 0 Å². The highest BCUT2D eigenvalue weighted by molar-refractivity contribution is 6.33. The molecule has 0 spiro atoms. The normalized spacial score (nSPS) is 21.6. The van der Waals surface area contributed by atoms with Gasteiger partial charge in [0.05, 0.1) is 0 Å². The van der Waals surface area contributed by atoms with Crippen LogP contribution in [0.4, 0.5) is 5.82 Å². The van der Waals surface area contributed by atoms with E-state index in [0.29, 0.717) is 16.7 Å². The molecule has 1 atom stereocenters. The van der Waals surface area contributed by atoms with Crippen molar-refractivity contribution in [2.24, 2.45) is 5.92 Å². The van der Waals surface area contributed by atoms with Crippen molar-refractivity contribution in [3.05, 3.63) is 10.8 Å². The second-order valence-corrected chi connectivity index (χ2v) is 3.95. The molecular weight excluding hydrogens is 204 g/mol. The Bertz CT molecular complexity index is 308. The summed E-state index contributed by atoms with van der Waals surface area (Å²) in [6.07, 6.45) is 2.94. The molecule has 4 nitrogen and oxygen atoms in total. The van der Waals surface area contributed by atoms with Crippen molar-refractivity contribution < 1.29 is 9.26 Å². The smallest absolute Gasteiger partial charge is 0.185 e. The number of hydrogen-bond acceptors (Lipinski definition) is 4. The van der Waals surface area contributed by atoms with Gasteiger partial charge >= 0.3 is 0 Å². The molecule has 0 amide bonds. The molecule has 0 radical (unpaired) electrons. The first-order chi connectivity index (χ1) is 6.77. The number of nitrogens with two attached hydrogens (primary N) is 1. The summed E-state index contributed by atoms with van der Waals surface area (Å²) in [6.45, 7) is 1.72. The molecule has 2 heterocycles. The lowest BCUT2D eigenvalue weighted by molar-refractivity contribution is 0.183. The molecule has 0 aromatic carbocycles. The van der Waals surface area contributed by atoms with Crippen LogP contribution in [0.15, 0.2) is 4.52 Å². The zero-order valence-corrected chi connectivity index (χ0v) is 8.59. The van der Waals surface area contributed by atoms with E-state index in [1.807, 2.05) is 0 Å². The molecule has 1 aromatic rings. The van der Waals surface area contributed by atoms with Crippen molar-refractivity contribution in [1.29, 1.82) is 0 Å². The number of rotatable bonds is 3. The number of aromatic nitrogens is 1. The van der Waals surface area contributed by atoms with Gasteiger partial charge in [0.25, 0.3) is 0 Å². The predicted octanol–water partition coefficient (Wildman–Crippen LogP) is 1.88. The minimum Gasteiger partial charge on any atom is -0.381 e. The summed E-state index contributed by atoms with van der Waals surface area (Å²) in [7, 11) is 0. The van der Waals surface area contributed by atoms with E-state index in [1.54, 1.807) is 0 Å². The Hall–Kier alpha value is -0.740. The van der Waals surface area contributed by atoms with E-state index in [2.05, 4.69) is 5.16 Å². The fourth-order valence-electron chi connectivity index (χ4n) is 1.63. The van der Waals surface area contributed by atoms with E-state index in [4.69, 9.17) is 26.6 Å². The molecule has 1 unspecified atom stereocenters. The Morgan fingerprint density at radius 2 is 2.43 bits per heavy atom. The lowest BCUT2D eigenvalue weighted by Crippen LogP contribution is -2.00. The van der Waals surface area contributed by atoms with Gasteiger partial charge in [0.1, 0.15) is 5.02 Å². The zero-order valence-electron chi connectivity index (χ0n) is 7.83. The number of halogens is 1. The SMILES string of the molecule is Nc1noc(CCC2CCOC2)c1Cl. The van der Waals surface area contributed by atoms with Crippen molar-refractivity contribution in [3.63, 3.8) is 0 Å². The van der Waals surface area contributed by atoms with Crippen LogP contribution in [-0.2, 0) is 11.2 Å². The van der Waals surface area contributed by atoms with Gasteiger partial charge in [-0.3, -0.25) is 0 Å². The maximum Gasteiger partial charge on any atom is 0.185 e. The van der Waals surface area contributed by atoms with Gasteiger partial charge < -0.3 is 15.0 Å². The molecule has 2 N–H and O–H groups in total. The van der Waals surface area contributed by atoms with Crippen LogP contribution in [0.5, 0.6) is 0 Å². The Morgan fingerprint density at radius 3 is 3.00 bits per heavy atom. The predicted molar refractivity (Wildman–Crippen MR) is 53.2 cm³/mol. The second-order valence-electron chi connectivity index (χ2n) is 3.57. The van der Waals surface area contributed by atoms with Crippen molar-refractivity contribution in [1.82, 2.24) is 5.16 Å². The number of nitrogens with zero attached hydrogens (tertiary/aromatic N) is 1. The third-order valence-corrected chi connectivity index (χ3v) is 2.93. The van der Waals surface area contributed by atoms with Crippen molar-refractivity contribution in [2.75, 3.05) is 18.9 Å². The third-order valence-electron chi connectivity index (χ3n) is 2.53. The molecule has 1 aromatic heterocycles. The average molecular weight is 217 g/mol. The van der Waals surface area contributed by atoms with E-state index < -0.39 is 0 Å². The molecule has 1 fully saturated rings. The number of hydrogen-bond donors (Lipinski definition) is 1. The van der Waals surface area contributed by atoms with Gasteiger partial charge in [0.2, 0.25) is 0 Å². The first-order valence-electron chi connectivity index (χ1n) is 4.74. The quantitative estimate of drug-likeness (QED) is 0.838. The summed E-state index contributed by atoms with van der Waals surface area (Å²) in [5, 5.41) is 4.06. The van der Waals surface area contributed by atoms with Gasteiger partial charge in [-0.25, -0.2) is 0 Å². The Balaban J connectivity index is 1.88. The Labute approximate surface area is 87.3 Å². The summed E-state index contributed by atoms with van der Waals surface area (Å²) >= 11 is 5.88. The average Bonchev–Trinajstić information content (AvgIpc) is 2.77. The Morgan fingerprint density at radius 1 is 1.57 bits per heavy atom. The van der Waals surface area contributed by atoms with Crippen molar-refractivity contribution in [3.8, 4) is 0 Å². The minimum atomic E-state index is 0.282. The standard InChI is InChI=1S/C9H13ClN2O2/c10-8-7(14-12-9(8)11)2-1-6-3-4-13-5-6/h6H,1-5H2,(H2,11,12). The van der Waals surface area contributed by atoms with Crippen molar-refractivity contribution >= 4 is 17.4 Å². The minimum absolute atomic E-state index is 0.282. The monoisotopic (exact) mass is 216 g/mol. The van der Waals surface area contributed by atoms with Crippen LogP contribution in [-0.4, -0.2) is 18.4 Å². The van der Waals surface area contributed by atoms with E-state index in [9.17, 15) is 0 Å². The van der Waals surface area contributed by atoms with Gasteiger partial charge in [-0.1, -0.05) is 16.8 Å². The molecule has 5 heteroatoms. The number of nitrogen functional groups attached to an aromatic ring is 1. The molecule has 1 aliphatic heterocycles. The third kappa shape index (κ3) is 2.01. The number of aryl methyl sites for hydroxylation is 1. The second kappa shape index (κ2) is 4.19. The molecule has 78 valence electrons. The van der Waals surface area contributed by atoms with Gasteiger partial charge in [0, 0.05) is 19.6 Å². The number of anilines is 1. The first kappa shape index (κ1) is 9.80. The van der Waals surface area contributed by atoms with E-state index in [-0.39, 0.29) is 5.82 Å². The van der Waals surface area contributed by atoms with Crippen LogP contribution < -0.4 is 5.73 Å². The molecule has 2 rings (SSSR count). The van der Waals surface area contributed by atoms with Crippen LogP contribution >= 0.6 is 11.6 Å². The van der Waals surface area contributed by atoms with Gasteiger partial charge in [-0.2, -0.15) is 0 Å². The van der Waals surface area contributed by atoms with E-state index in [0.717, 1.165) is 32.5 Å². The molecule has 0 aliphatic carbocycles. The lowest BCUT2D eigenvalue weighted by Gasteiger charge is -2.04. The highest BCUT2D eigenvalue weighted by Crippen LogP contribution is 2.26. The molecular formula is C9H13ClN2O2. The zero-order chi connectivity index (χ0) is 9.97. The Kier molecular flexibility index (Phi) is 2.93. The molecule has 14 heavy (non-hydrogen) atoms. The maximum atomic E-state index is 5.88. The first-order valence-corrected chi connectivity index (χ1v) is 5.12. The van der Waals surface area contributed by atoms with Gasteiger partial charge in [-0.15, -0.1) is 0 Å². The lowest BCUT2D eigenvalue weighted by atomic mass is 10.0. The largest absolute Gasteiger partial charge is 0.381 e. The highest BCUT2D eigenvalue weighted by Gasteiger charge is 2.18. The van der Waals surface area contributed by atoms with Gasteiger partial charge in [-0.05, 0) is 18.8 Å². The number of ether oxygens (including phenoxy) is 1. The fourth-order valence-corrected chi connectivity index (χ4v) is 1.79. The summed E-state index contributed by atoms with van der Waals surface area (Å²) in [5.41, 5.74) is 5.46. The molecule has 0 bridgehead atoms. The summed E-state index contributed by atoms with van der Waals surface area (Å²) in [6, 6.07) is 0. The maximum absolute atomic E-state index is 5.88. The van der Waals surface area contributed by atoms with Crippen molar-refractivity contribution in [2.45, 2.75) is 19.3 Å². The van der Waals surface area contributed by atoms with Crippen LogP contribution in [0.1, 0.15) is 18.6 Å². The molecule has 0 saturated carbocycles. The van der Waals surface area contributed by atoms with E-state index >= 15 is 0 Å². The molecule has 1 aliphatic rings. The van der Waals surface area contributed by atoms with Crippen LogP contribution in [0.25, 0.3) is 0 Å². The fraction of sp³-hybridized carbons (Fsp3) is 0.667. The summed E-state index contributed by atoms with van der Waals surface area (Å²) < 4.78 is 10.3. The van der Waals surface area contributed by atoms with Crippen LogP contribution in [0, 0.1) is 5.92 Å². The van der Waals surface area contributed by atoms with Gasteiger partial charge in [0.15, 0.2) is 11.6 Å². The highest BCUT2D eigenvalue weighted by atomic mass is 35.5. The summed E-state index contributed by atoms with van der Waals surface area (Å²) in [5.74, 6) is 1.60. The topological polar surface area (TPSA) is 61.3 Å². The van der Waals surface area contributed by atoms with E-state index in [1.165, 1.54) is 0 Å².